The minimum absolute atomic E-state index is 0.229. The third-order valence-corrected chi connectivity index (χ3v) is 10.9. The maximum atomic E-state index is 13.0. The van der Waals surface area contributed by atoms with Crippen molar-refractivity contribution in [3.05, 3.63) is 36.5 Å². The molecule has 8 unspecified atom stereocenters. The molecule has 1 aliphatic heterocycles. The van der Waals surface area contributed by atoms with Crippen molar-refractivity contribution in [1.29, 1.82) is 0 Å². The first-order valence-corrected chi connectivity index (χ1v) is 23.8. The van der Waals surface area contributed by atoms with Crippen molar-refractivity contribution in [3.63, 3.8) is 0 Å². The third-order valence-electron chi connectivity index (χ3n) is 10.5. The molecule has 1 aliphatic rings. The van der Waals surface area contributed by atoms with Crippen LogP contribution < -0.4 is 5.32 Å². The lowest BCUT2D eigenvalue weighted by Gasteiger charge is -2.41. The number of rotatable bonds is 37. The molecule has 0 aliphatic carbocycles. The normalized spacial score (nSPS) is 22.0. The summed E-state index contributed by atoms with van der Waals surface area (Å²) in [5.41, 5.74) is 0. The van der Waals surface area contributed by atoms with Crippen LogP contribution in [0.1, 0.15) is 174 Å². The van der Waals surface area contributed by atoms with Gasteiger partial charge in [0.25, 0.3) is 0 Å². The summed E-state index contributed by atoms with van der Waals surface area (Å²) in [6, 6.07) is -1.14. The number of carbonyl (C=O) groups is 1. The van der Waals surface area contributed by atoms with Gasteiger partial charge in [-0.05, 0) is 51.4 Å². The van der Waals surface area contributed by atoms with Crippen LogP contribution in [0.5, 0.6) is 0 Å². The number of allylic oxidation sites excluding steroid dienone is 5. The molecule has 8 atom stereocenters. The Morgan fingerprint density at radius 1 is 0.690 bits per heavy atom. The molecule has 0 saturated carbocycles. The molecule has 0 spiro atoms. The second-order valence-electron chi connectivity index (χ2n) is 15.8. The van der Waals surface area contributed by atoms with Crippen LogP contribution in [-0.2, 0) is 28.9 Å². The number of ether oxygens (including phenoxy) is 2. The van der Waals surface area contributed by atoms with Crippen molar-refractivity contribution in [2.75, 3.05) is 13.2 Å². The highest BCUT2D eigenvalue weighted by atomic mass is 32.3. The zero-order chi connectivity index (χ0) is 42.9. The van der Waals surface area contributed by atoms with Gasteiger partial charge in [0.05, 0.1) is 25.4 Å². The van der Waals surface area contributed by atoms with Crippen LogP contribution in [0, 0.1) is 0 Å². The lowest BCUT2D eigenvalue weighted by Crippen LogP contribution is -2.61. The summed E-state index contributed by atoms with van der Waals surface area (Å²) in [5.74, 6) is -0.722. The number of hydrogen-bond acceptors (Lipinski definition) is 11. The smallest absolute Gasteiger partial charge is 0.394 e. The molecule has 1 rings (SSSR count). The first-order chi connectivity index (χ1) is 27.9. The number of amides is 1. The van der Waals surface area contributed by atoms with Gasteiger partial charge in [-0.3, -0.25) is 9.35 Å². The SMILES string of the molecule is CCC/C=C/CC/C=C/C(O)C(COC1OC(CO)C(O)C(OS(=O)(=O)O)C1O)NC(=O)C(O)CCCCCCCC/C=C\CCCCCCCCCCCCCC. The quantitative estimate of drug-likeness (QED) is 0.0187. The number of hydrogen-bond donors (Lipinski definition) is 7. The van der Waals surface area contributed by atoms with Crippen molar-refractivity contribution in [2.45, 2.75) is 223 Å². The fraction of sp³-hybridized carbons (Fsp3) is 0.841. The van der Waals surface area contributed by atoms with E-state index in [4.69, 9.17) is 14.0 Å². The van der Waals surface area contributed by atoms with Gasteiger partial charge in [0.1, 0.15) is 30.5 Å². The van der Waals surface area contributed by atoms with Crippen LogP contribution in [0.4, 0.5) is 0 Å². The van der Waals surface area contributed by atoms with E-state index in [-0.39, 0.29) is 6.42 Å². The van der Waals surface area contributed by atoms with E-state index in [1.165, 1.54) is 83.1 Å². The highest BCUT2D eigenvalue weighted by Gasteiger charge is 2.48. The largest absolute Gasteiger partial charge is 0.397 e. The fourth-order valence-electron chi connectivity index (χ4n) is 6.89. The second kappa shape index (κ2) is 34.9. The Morgan fingerprint density at radius 3 is 1.72 bits per heavy atom. The fourth-order valence-corrected chi connectivity index (χ4v) is 7.40. The van der Waals surface area contributed by atoms with E-state index >= 15 is 0 Å². The summed E-state index contributed by atoms with van der Waals surface area (Å²) in [6.45, 7) is 3.06. The highest BCUT2D eigenvalue weighted by Crippen LogP contribution is 2.26. The molecule has 1 saturated heterocycles. The van der Waals surface area contributed by atoms with Gasteiger partial charge in [0.15, 0.2) is 6.29 Å². The Labute approximate surface area is 350 Å². The predicted molar refractivity (Wildman–Crippen MR) is 228 cm³/mol. The Hall–Kier alpha value is -1.72. The standard InChI is InChI=1S/C44H81NO12S/c1-3-5-7-9-11-12-13-14-15-16-17-18-19-20-21-22-23-24-25-27-29-31-33-38(48)43(51)45-36(37(47)32-30-28-26-10-8-6-4-2)35-55-44-41(50)42(57-58(52,53)54)40(49)39(34-46)56-44/h8,10,20-21,30,32,36-42,44,46-50H,3-7,9,11-19,22-29,31,33-35H2,1-2H3,(H,45,51)(H,52,53,54)/b10-8+,21-20-,32-30+. The molecule has 0 radical (unpaired) electrons. The summed E-state index contributed by atoms with van der Waals surface area (Å²) in [6.07, 6.45) is 28.6. The number of unbranched alkanes of at least 4 members (excludes halogenated alkanes) is 20. The van der Waals surface area contributed by atoms with E-state index in [1.54, 1.807) is 6.08 Å². The highest BCUT2D eigenvalue weighted by molar-refractivity contribution is 7.80. The molecule has 14 heteroatoms. The van der Waals surface area contributed by atoms with E-state index in [1.807, 2.05) is 6.08 Å². The van der Waals surface area contributed by atoms with E-state index in [9.17, 15) is 38.7 Å². The van der Waals surface area contributed by atoms with Gasteiger partial charge in [-0.1, -0.05) is 159 Å². The minimum Gasteiger partial charge on any atom is -0.394 e. The minimum atomic E-state index is -5.12. The molecule has 0 aromatic rings. The average Bonchev–Trinajstić information content (AvgIpc) is 3.19. The van der Waals surface area contributed by atoms with Gasteiger partial charge in [-0.25, -0.2) is 4.18 Å². The van der Waals surface area contributed by atoms with E-state index in [2.05, 4.69) is 41.6 Å². The lowest BCUT2D eigenvalue weighted by atomic mass is 9.99. The van der Waals surface area contributed by atoms with Crippen LogP contribution in [0.25, 0.3) is 0 Å². The van der Waals surface area contributed by atoms with E-state index in [0.29, 0.717) is 12.8 Å². The number of aliphatic hydroxyl groups is 5. The Bertz CT molecular complexity index is 1200. The van der Waals surface area contributed by atoms with Crippen LogP contribution in [0.15, 0.2) is 36.5 Å². The van der Waals surface area contributed by atoms with E-state index in [0.717, 1.165) is 64.2 Å². The molecular weight excluding hydrogens is 767 g/mol. The molecule has 7 N–H and O–H groups in total. The first-order valence-electron chi connectivity index (χ1n) is 22.5. The summed E-state index contributed by atoms with van der Waals surface area (Å²) in [7, 11) is -5.12. The Morgan fingerprint density at radius 2 is 1.19 bits per heavy atom. The molecule has 340 valence electrons. The maximum Gasteiger partial charge on any atom is 0.397 e. The molecule has 0 aromatic carbocycles. The van der Waals surface area contributed by atoms with Gasteiger partial charge in [-0.2, -0.15) is 8.42 Å². The molecule has 0 bridgehead atoms. The van der Waals surface area contributed by atoms with Crippen molar-refractivity contribution in [3.8, 4) is 0 Å². The van der Waals surface area contributed by atoms with Crippen LogP contribution in [0.2, 0.25) is 0 Å². The first kappa shape index (κ1) is 54.3. The topological polar surface area (TPSA) is 212 Å². The predicted octanol–water partition coefficient (Wildman–Crippen LogP) is 7.30. The molecule has 0 aromatic heterocycles. The molecule has 58 heavy (non-hydrogen) atoms. The zero-order valence-corrected chi connectivity index (χ0v) is 36.5. The van der Waals surface area contributed by atoms with Crippen molar-refractivity contribution < 1.29 is 57.0 Å². The number of aliphatic hydroxyl groups excluding tert-OH is 5. The second-order valence-corrected chi connectivity index (χ2v) is 16.8. The van der Waals surface area contributed by atoms with E-state index < -0.39 is 78.5 Å². The number of carbonyl (C=O) groups excluding carboxylic acids is 1. The van der Waals surface area contributed by atoms with Gasteiger partial charge in [-0.15, -0.1) is 0 Å². The Balaban J connectivity index is 2.43. The molecular formula is C44H81NO12S. The molecule has 1 fully saturated rings. The van der Waals surface area contributed by atoms with Crippen molar-refractivity contribution in [2.24, 2.45) is 0 Å². The number of nitrogens with one attached hydrogen (secondary N) is 1. The van der Waals surface area contributed by atoms with Crippen molar-refractivity contribution >= 4 is 16.3 Å². The van der Waals surface area contributed by atoms with Gasteiger partial charge < -0.3 is 40.3 Å². The molecule has 1 heterocycles. The maximum absolute atomic E-state index is 13.0. The lowest BCUT2D eigenvalue weighted by molar-refractivity contribution is -0.298. The summed E-state index contributed by atoms with van der Waals surface area (Å²) in [4.78, 5) is 13.0. The molecule has 1 amide bonds. The van der Waals surface area contributed by atoms with Gasteiger partial charge >= 0.3 is 10.4 Å². The van der Waals surface area contributed by atoms with Crippen molar-refractivity contribution in [1.82, 2.24) is 5.32 Å². The molecule has 13 nitrogen and oxygen atoms in total. The monoisotopic (exact) mass is 848 g/mol. The summed E-state index contributed by atoms with van der Waals surface area (Å²) in [5, 5.41) is 54.8. The van der Waals surface area contributed by atoms with Crippen LogP contribution in [-0.4, -0.2) is 107 Å². The summed E-state index contributed by atoms with van der Waals surface area (Å²) >= 11 is 0. The Kier molecular flexibility index (Phi) is 32.7. The average molecular weight is 848 g/mol. The van der Waals surface area contributed by atoms with Gasteiger partial charge in [0.2, 0.25) is 5.91 Å². The third kappa shape index (κ3) is 27.2. The van der Waals surface area contributed by atoms with Crippen LogP contribution in [0.3, 0.4) is 0 Å². The zero-order valence-electron chi connectivity index (χ0n) is 35.7. The summed E-state index contributed by atoms with van der Waals surface area (Å²) < 4.78 is 47.2. The van der Waals surface area contributed by atoms with Crippen LogP contribution >= 0.6 is 0 Å². The van der Waals surface area contributed by atoms with Gasteiger partial charge in [0, 0.05) is 0 Å².